The molecule has 1 aromatic heterocycles. The first-order chi connectivity index (χ1) is 16.5. The summed E-state index contributed by atoms with van der Waals surface area (Å²) in [7, 11) is 0. The number of carbonyl (C=O) groups excluding carboxylic acids is 2. The Morgan fingerprint density at radius 3 is 2.57 bits per heavy atom. The molecule has 9 nitrogen and oxygen atoms in total. The number of ether oxygens (including phenoxy) is 1. The number of alkyl halides is 5. The van der Waals surface area contributed by atoms with Crippen LogP contribution in [-0.2, 0) is 10.9 Å². The molecule has 3 heterocycles. The first kappa shape index (κ1) is 24.8. The zero-order valence-electron chi connectivity index (χ0n) is 18.4. The second kappa shape index (κ2) is 9.76. The number of hydrogen-bond donors (Lipinski definition) is 1. The first-order valence-electron chi connectivity index (χ1n) is 10.8. The van der Waals surface area contributed by atoms with Crippen LogP contribution in [0, 0.1) is 0 Å². The Hall–Kier alpha value is -3.29. The molecule has 190 valence electrons. The van der Waals surface area contributed by atoms with E-state index in [0.29, 0.717) is 0 Å². The number of hydrogen-bond acceptors (Lipinski definition) is 6. The van der Waals surface area contributed by atoms with Crippen molar-refractivity contribution in [2.45, 2.75) is 31.0 Å². The summed E-state index contributed by atoms with van der Waals surface area (Å²) in [5.41, 5.74) is 0.426. The highest BCUT2D eigenvalue weighted by Crippen LogP contribution is 2.30. The minimum Gasteiger partial charge on any atom is -0.377 e. The Balaban J connectivity index is 1.36. The van der Waals surface area contributed by atoms with Crippen molar-refractivity contribution in [2.24, 2.45) is 0 Å². The Kier molecular flexibility index (Phi) is 6.92. The normalized spacial score (nSPS) is 20.5. The number of aromatic nitrogens is 2. The molecule has 0 aliphatic carbocycles. The number of halogens is 5. The monoisotopic (exact) mass is 503 g/mol. The Morgan fingerprint density at radius 2 is 1.91 bits per heavy atom. The van der Waals surface area contributed by atoms with Crippen molar-refractivity contribution in [3.63, 3.8) is 0 Å². The molecule has 2 aliphatic heterocycles. The van der Waals surface area contributed by atoms with Gasteiger partial charge in [-0.15, -0.1) is 0 Å². The Labute approximate surface area is 196 Å². The first-order valence-corrected chi connectivity index (χ1v) is 10.8. The van der Waals surface area contributed by atoms with E-state index in [2.05, 4.69) is 20.0 Å². The number of rotatable bonds is 4. The average Bonchev–Trinajstić information content (AvgIpc) is 3.33. The summed E-state index contributed by atoms with van der Waals surface area (Å²) in [6.07, 6.45) is -4.81. The van der Waals surface area contributed by atoms with Crippen molar-refractivity contribution >= 4 is 11.9 Å². The molecule has 1 N–H and O–H groups in total. The van der Waals surface area contributed by atoms with Gasteiger partial charge < -0.3 is 24.4 Å². The molecule has 0 unspecified atom stereocenters. The topological polar surface area (TPSA) is 101 Å². The van der Waals surface area contributed by atoms with E-state index in [9.17, 15) is 31.5 Å². The SMILES string of the molecule is O=C(NC[C@H]1COCCN1C(=O)N1CCCC(F)(F)C1)c1ccc(-c2noc(C(F)(F)F)n2)cc1. The van der Waals surface area contributed by atoms with Gasteiger partial charge in [0.15, 0.2) is 0 Å². The molecule has 35 heavy (non-hydrogen) atoms. The van der Waals surface area contributed by atoms with Crippen LogP contribution < -0.4 is 5.32 Å². The maximum Gasteiger partial charge on any atom is 0.471 e. The van der Waals surface area contributed by atoms with E-state index >= 15 is 0 Å². The summed E-state index contributed by atoms with van der Waals surface area (Å²) >= 11 is 0. The van der Waals surface area contributed by atoms with E-state index in [4.69, 9.17) is 4.74 Å². The summed E-state index contributed by atoms with van der Waals surface area (Å²) < 4.78 is 75.0. The van der Waals surface area contributed by atoms with Gasteiger partial charge in [-0.2, -0.15) is 18.2 Å². The third-order valence-corrected chi connectivity index (χ3v) is 5.71. The lowest BCUT2D eigenvalue weighted by Crippen LogP contribution is -2.59. The third-order valence-electron chi connectivity index (χ3n) is 5.71. The lowest BCUT2D eigenvalue weighted by molar-refractivity contribution is -0.159. The van der Waals surface area contributed by atoms with Crippen molar-refractivity contribution in [3.05, 3.63) is 35.7 Å². The van der Waals surface area contributed by atoms with E-state index in [1.165, 1.54) is 29.2 Å². The van der Waals surface area contributed by atoms with E-state index in [0.717, 1.165) is 4.90 Å². The zero-order chi connectivity index (χ0) is 25.2. The van der Waals surface area contributed by atoms with Crippen LogP contribution in [0.3, 0.4) is 0 Å². The second-order valence-electron chi connectivity index (χ2n) is 8.29. The molecule has 0 saturated carbocycles. The van der Waals surface area contributed by atoms with Crippen LogP contribution in [0.25, 0.3) is 11.4 Å². The average molecular weight is 503 g/mol. The highest BCUT2D eigenvalue weighted by molar-refractivity contribution is 5.94. The van der Waals surface area contributed by atoms with Crippen LogP contribution in [0.15, 0.2) is 28.8 Å². The van der Waals surface area contributed by atoms with Gasteiger partial charge in [0.25, 0.3) is 11.8 Å². The smallest absolute Gasteiger partial charge is 0.377 e. The van der Waals surface area contributed by atoms with Crippen molar-refractivity contribution in [3.8, 4) is 11.4 Å². The lowest BCUT2D eigenvalue weighted by atomic mass is 10.1. The molecule has 3 amide bonds. The van der Waals surface area contributed by atoms with E-state index in [1.54, 1.807) is 0 Å². The maximum absolute atomic E-state index is 13.8. The minimum absolute atomic E-state index is 0.0241. The Morgan fingerprint density at radius 1 is 1.17 bits per heavy atom. The molecule has 2 saturated heterocycles. The molecule has 1 atom stereocenters. The van der Waals surface area contributed by atoms with Crippen LogP contribution >= 0.6 is 0 Å². The molecular weight excluding hydrogens is 481 g/mol. The fourth-order valence-corrected chi connectivity index (χ4v) is 3.93. The number of nitrogens with one attached hydrogen (secondary N) is 1. The molecule has 2 fully saturated rings. The van der Waals surface area contributed by atoms with Crippen LogP contribution in [0.2, 0.25) is 0 Å². The molecule has 0 spiro atoms. The number of carbonyl (C=O) groups is 2. The van der Waals surface area contributed by atoms with Crippen LogP contribution in [0.1, 0.15) is 29.1 Å². The van der Waals surface area contributed by atoms with Gasteiger partial charge in [0, 0.05) is 37.2 Å². The van der Waals surface area contributed by atoms with Crippen LogP contribution in [0.4, 0.5) is 26.7 Å². The predicted octanol–water partition coefficient (Wildman–Crippen LogP) is 3.04. The number of nitrogens with zero attached hydrogens (tertiary/aromatic N) is 4. The van der Waals surface area contributed by atoms with Crippen molar-refractivity contribution in [1.82, 2.24) is 25.3 Å². The molecule has 14 heteroatoms. The quantitative estimate of drug-likeness (QED) is 0.644. The van der Waals surface area contributed by atoms with Crippen molar-refractivity contribution in [1.29, 1.82) is 0 Å². The van der Waals surface area contributed by atoms with Crippen molar-refractivity contribution in [2.75, 3.05) is 39.4 Å². The van der Waals surface area contributed by atoms with Crippen LogP contribution in [-0.4, -0.2) is 83.2 Å². The second-order valence-corrected chi connectivity index (χ2v) is 8.29. The van der Waals surface area contributed by atoms with Gasteiger partial charge in [-0.1, -0.05) is 17.3 Å². The van der Waals surface area contributed by atoms with Gasteiger partial charge in [0.2, 0.25) is 5.82 Å². The van der Waals surface area contributed by atoms with Crippen LogP contribution in [0.5, 0.6) is 0 Å². The molecule has 1 aromatic carbocycles. The number of benzene rings is 1. The van der Waals surface area contributed by atoms with Gasteiger partial charge in [0.05, 0.1) is 25.8 Å². The molecular formula is C21H22F5N5O4. The van der Waals surface area contributed by atoms with Gasteiger partial charge >= 0.3 is 18.1 Å². The molecule has 2 aromatic rings. The predicted molar refractivity (Wildman–Crippen MR) is 110 cm³/mol. The highest BCUT2D eigenvalue weighted by atomic mass is 19.4. The maximum atomic E-state index is 13.8. The Bertz CT molecular complexity index is 1060. The summed E-state index contributed by atoms with van der Waals surface area (Å²) in [6, 6.07) is 4.44. The molecule has 2 aliphatic rings. The number of piperidine rings is 1. The zero-order valence-corrected chi connectivity index (χ0v) is 18.4. The lowest BCUT2D eigenvalue weighted by Gasteiger charge is -2.41. The van der Waals surface area contributed by atoms with Gasteiger partial charge in [0.1, 0.15) is 0 Å². The summed E-state index contributed by atoms with van der Waals surface area (Å²) in [5, 5.41) is 5.97. The minimum atomic E-state index is -4.77. The van der Waals surface area contributed by atoms with E-state index in [1.807, 2.05) is 0 Å². The summed E-state index contributed by atoms with van der Waals surface area (Å²) in [5.74, 6) is -5.17. The largest absolute Gasteiger partial charge is 0.471 e. The summed E-state index contributed by atoms with van der Waals surface area (Å²) in [4.78, 5) is 31.3. The van der Waals surface area contributed by atoms with Gasteiger partial charge in [-0.25, -0.2) is 13.6 Å². The third kappa shape index (κ3) is 5.86. The number of urea groups is 1. The fraction of sp³-hybridized carbons (Fsp3) is 0.524. The molecule has 0 radical (unpaired) electrons. The standard InChI is InChI=1S/C21H22F5N5O4/c22-20(23)6-1-7-30(12-20)19(33)31-8-9-34-11-15(31)10-27-17(32)14-4-2-13(3-5-14)16-28-18(35-29-16)21(24,25)26/h2-5,15H,1,6-12H2,(H,27,32)/t15-/m0/s1. The molecule has 0 bridgehead atoms. The van der Waals surface area contributed by atoms with E-state index in [-0.39, 0.29) is 62.6 Å². The summed E-state index contributed by atoms with van der Waals surface area (Å²) in [6.45, 7) is 0.223. The number of likely N-dealkylation sites (tertiary alicyclic amines) is 1. The van der Waals surface area contributed by atoms with Gasteiger partial charge in [-0.05, 0) is 18.6 Å². The fourth-order valence-electron chi connectivity index (χ4n) is 3.93. The number of morpholine rings is 1. The van der Waals surface area contributed by atoms with E-state index < -0.39 is 42.5 Å². The van der Waals surface area contributed by atoms with Crippen molar-refractivity contribution < 1.29 is 40.8 Å². The molecule has 4 rings (SSSR count). The highest BCUT2D eigenvalue weighted by Gasteiger charge is 2.40. The number of amides is 3. The van der Waals surface area contributed by atoms with Gasteiger partial charge in [-0.3, -0.25) is 4.79 Å².